The lowest BCUT2D eigenvalue weighted by Crippen LogP contribution is -2.39. The van der Waals surface area contributed by atoms with Gasteiger partial charge in [0.05, 0.1) is 32.4 Å². The first kappa shape index (κ1) is 24.5. The number of nitrogens with zero attached hydrogens (tertiary/aromatic N) is 1. The fraction of sp³-hybridized carbons (Fsp3) is 0.393. The number of ketones is 1. The average Bonchev–Trinajstić information content (AvgIpc) is 2.87. The normalized spacial score (nSPS) is 19.5. The molecule has 1 N–H and O–H groups in total. The predicted octanol–water partition coefficient (Wildman–Crippen LogP) is 5.31. The fourth-order valence-corrected chi connectivity index (χ4v) is 4.92. The Morgan fingerprint density at radius 1 is 1.03 bits per heavy atom. The van der Waals surface area contributed by atoms with Crippen LogP contribution in [-0.2, 0) is 9.59 Å². The highest BCUT2D eigenvalue weighted by molar-refractivity contribution is 6.14. The summed E-state index contributed by atoms with van der Waals surface area (Å²) in [6.45, 7) is 4.45. The Morgan fingerprint density at radius 3 is 2.54 bits per heavy atom. The Labute approximate surface area is 206 Å². The van der Waals surface area contributed by atoms with Crippen molar-refractivity contribution in [1.82, 2.24) is 0 Å². The van der Waals surface area contributed by atoms with Gasteiger partial charge in [-0.3, -0.25) is 14.6 Å². The number of rotatable bonds is 8. The summed E-state index contributed by atoms with van der Waals surface area (Å²) in [6.07, 6.45) is 2.89. The summed E-state index contributed by atoms with van der Waals surface area (Å²) in [5.41, 5.74) is 3.33. The fourth-order valence-electron chi connectivity index (χ4n) is 4.92. The van der Waals surface area contributed by atoms with Gasteiger partial charge in [-0.15, -0.1) is 0 Å². The second kappa shape index (κ2) is 10.8. The number of methoxy groups -OCH3 is 2. The van der Waals surface area contributed by atoms with Gasteiger partial charge in [-0.1, -0.05) is 25.1 Å². The third-order valence-corrected chi connectivity index (χ3v) is 6.52. The number of Topliss-reactive ketones (excluding diaryl/α,β-unsaturated/α-hetero) is 1. The topological polar surface area (TPSA) is 86.2 Å². The van der Waals surface area contributed by atoms with Crippen molar-refractivity contribution in [2.24, 2.45) is 10.9 Å². The summed E-state index contributed by atoms with van der Waals surface area (Å²) in [4.78, 5) is 31.7. The molecule has 7 heteroatoms. The van der Waals surface area contributed by atoms with Crippen molar-refractivity contribution in [2.45, 2.75) is 45.4 Å². The van der Waals surface area contributed by atoms with E-state index >= 15 is 0 Å². The number of benzene rings is 2. The van der Waals surface area contributed by atoms with Crippen LogP contribution in [0.3, 0.4) is 0 Å². The van der Waals surface area contributed by atoms with Crippen molar-refractivity contribution in [1.29, 1.82) is 0 Å². The Bertz CT molecular complexity index is 1180. The van der Waals surface area contributed by atoms with Gasteiger partial charge in [-0.25, -0.2) is 0 Å². The van der Waals surface area contributed by atoms with Gasteiger partial charge in [0.2, 0.25) is 0 Å². The van der Waals surface area contributed by atoms with Crippen LogP contribution in [0.4, 0.5) is 5.69 Å². The Morgan fingerprint density at radius 2 is 1.80 bits per heavy atom. The van der Waals surface area contributed by atoms with E-state index in [2.05, 4.69) is 5.32 Å². The molecule has 2 aromatic carbocycles. The van der Waals surface area contributed by atoms with Gasteiger partial charge in [-0.2, -0.15) is 0 Å². The number of ether oxygens (including phenoxy) is 3. The molecule has 0 bridgehead atoms. The number of carbonyl (C=O) groups is 2. The van der Waals surface area contributed by atoms with Gasteiger partial charge in [0.1, 0.15) is 11.5 Å². The second-order valence-corrected chi connectivity index (χ2v) is 8.79. The SMILES string of the molecule is CCCOc1ccc([C@@H]2C(C(=O)Nc3ccccc3OC)=C(C)N=C3CCCC(=O)C32)cc1OC. The minimum Gasteiger partial charge on any atom is -0.495 e. The van der Waals surface area contributed by atoms with E-state index in [9.17, 15) is 9.59 Å². The van der Waals surface area contributed by atoms with Gasteiger partial charge in [0.25, 0.3) is 5.91 Å². The van der Waals surface area contributed by atoms with Crippen LogP contribution in [0.2, 0.25) is 0 Å². The minimum atomic E-state index is -0.474. The molecule has 0 saturated heterocycles. The van der Waals surface area contributed by atoms with Crippen molar-refractivity contribution < 1.29 is 23.8 Å². The number of hydrogen-bond donors (Lipinski definition) is 1. The average molecular weight is 477 g/mol. The zero-order valence-corrected chi connectivity index (χ0v) is 20.7. The number of nitrogens with one attached hydrogen (secondary N) is 1. The van der Waals surface area contributed by atoms with E-state index in [1.807, 2.05) is 44.2 Å². The van der Waals surface area contributed by atoms with Crippen LogP contribution < -0.4 is 19.5 Å². The number of aliphatic imine (C=N–C) groups is 1. The molecular formula is C28H32N2O5. The molecule has 0 radical (unpaired) electrons. The van der Waals surface area contributed by atoms with Gasteiger partial charge in [0.15, 0.2) is 11.5 Å². The smallest absolute Gasteiger partial charge is 0.254 e. The van der Waals surface area contributed by atoms with Crippen LogP contribution in [0.1, 0.15) is 51.0 Å². The molecular weight excluding hydrogens is 444 g/mol. The summed E-state index contributed by atoms with van der Waals surface area (Å²) in [7, 11) is 3.15. The van der Waals surface area contributed by atoms with Crippen molar-refractivity contribution in [3.8, 4) is 17.2 Å². The summed E-state index contributed by atoms with van der Waals surface area (Å²) >= 11 is 0. The third-order valence-electron chi connectivity index (χ3n) is 6.52. The molecule has 1 aliphatic heterocycles. The van der Waals surface area contributed by atoms with Crippen LogP contribution >= 0.6 is 0 Å². The summed E-state index contributed by atoms with van der Waals surface area (Å²) in [6, 6.07) is 12.9. The van der Waals surface area contributed by atoms with E-state index in [-0.39, 0.29) is 11.7 Å². The van der Waals surface area contributed by atoms with Crippen LogP contribution in [-0.4, -0.2) is 38.2 Å². The van der Waals surface area contributed by atoms with E-state index < -0.39 is 11.8 Å². The lowest BCUT2D eigenvalue weighted by Gasteiger charge is -2.36. The maximum atomic E-state index is 13.7. The number of allylic oxidation sites excluding steroid dienone is 1. The standard InChI is InChI=1S/C28H32N2O5/c1-5-15-35-23-14-13-18(16-24(23)34-4)26-25(17(2)29-20-10-8-11-21(31)27(20)26)28(32)30-19-9-6-7-12-22(19)33-3/h6-7,9,12-14,16,26-27H,5,8,10-11,15H2,1-4H3,(H,30,32)/t26-,27?/m1/s1. The molecule has 0 spiro atoms. The highest BCUT2D eigenvalue weighted by Crippen LogP contribution is 2.45. The molecule has 0 aromatic heterocycles. The van der Waals surface area contributed by atoms with Gasteiger partial charge in [-0.05, 0) is 56.0 Å². The maximum absolute atomic E-state index is 13.7. The Hall–Kier alpha value is -3.61. The highest BCUT2D eigenvalue weighted by atomic mass is 16.5. The van der Waals surface area contributed by atoms with E-state index in [0.717, 1.165) is 30.5 Å². The Kier molecular flexibility index (Phi) is 7.54. The number of fused-ring (bicyclic) bond motifs is 1. The first-order chi connectivity index (χ1) is 17.0. The molecule has 35 heavy (non-hydrogen) atoms. The van der Waals surface area contributed by atoms with E-state index in [4.69, 9.17) is 19.2 Å². The molecule has 1 amide bonds. The molecule has 1 aliphatic carbocycles. The summed E-state index contributed by atoms with van der Waals surface area (Å²) in [5.74, 6) is 0.633. The second-order valence-electron chi connectivity index (χ2n) is 8.79. The molecule has 1 heterocycles. The van der Waals surface area contributed by atoms with E-state index in [0.29, 0.717) is 47.2 Å². The number of para-hydroxylation sites is 2. The van der Waals surface area contributed by atoms with Gasteiger partial charge < -0.3 is 19.5 Å². The number of carbonyl (C=O) groups excluding carboxylic acids is 2. The number of amides is 1. The third kappa shape index (κ3) is 4.94. The molecule has 7 nitrogen and oxygen atoms in total. The zero-order chi connectivity index (χ0) is 24.9. The first-order valence-electron chi connectivity index (χ1n) is 12.0. The van der Waals surface area contributed by atoms with Crippen molar-refractivity contribution in [2.75, 3.05) is 26.1 Å². The van der Waals surface area contributed by atoms with E-state index in [1.165, 1.54) is 0 Å². The quantitative estimate of drug-likeness (QED) is 0.558. The van der Waals surface area contributed by atoms with Gasteiger partial charge >= 0.3 is 0 Å². The molecule has 184 valence electrons. The van der Waals surface area contributed by atoms with Crippen LogP contribution in [0.15, 0.2) is 58.7 Å². The largest absolute Gasteiger partial charge is 0.495 e. The Balaban J connectivity index is 1.79. The molecule has 2 aromatic rings. The number of anilines is 1. The minimum absolute atomic E-state index is 0.111. The molecule has 1 unspecified atom stereocenters. The molecule has 1 fully saturated rings. The first-order valence-corrected chi connectivity index (χ1v) is 12.0. The summed E-state index contributed by atoms with van der Waals surface area (Å²) in [5, 5.41) is 2.98. The maximum Gasteiger partial charge on any atom is 0.254 e. The van der Waals surface area contributed by atoms with Crippen LogP contribution in [0.5, 0.6) is 17.2 Å². The number of hydrogen-bond acceptors (Lipinski definition) is 6. The highest BCUT2D eigenvalue weighted by Gasteiger charge is 2.43. The van der Waals surface area contributed by atoms with Crippen molar-refractivity contribution in [3.63, 3.8) is 0 Å². The van der Waals surface area contributed by atoms with Gasteiger partial charge in [0, 0.05) is 29.3 Å². The zero-order valence-electron chi connectivity index (χ0n) is 20.7. The molecule has 4 rings (SSSR count). The van der Waals surface area contributed by atoms with E-state index in [1.54, 1.807) is 26.4 Å². The molecule has 2 atom stereocenters. The van der Waals surface area contributed by atoms with Crippen LogP contribution in [0.25, 0.3) is 0 Å². The van der Waals surface area contributed by atoms with Crippen molar-refractivity contribution in [3.05, 3.63) is 59.3 Å². The van der Waals surface area contributed by atoms with Crippen molar-refractivity contribution >= 4 is 23.1 Å². The lowest BCUT2D eigenvalue weighted by molar-refractivity contribution is -0.122. The monoisotopic (exact) mass is 476 g/mol. The molecule has 1 saturated carbocycles. The molecule has 2 aliphatic rings. The lowest BCUT2D eigenvalue weighted by atomic mass is 9.69. The predicted molar refractivity (Wildman–Crippen MR) is 136 cm³/mol. The van der Waals surface area contributed by atoms with Crippen LogP contribution in [0, 0.1) is 5.92 Å². The summed E-state index contributed by atoms with van der Waals surface area (Å²) < 4.78 is 16.8.